The van der Waals surface area contributed by atoms with Crippen LogP contribution in [0.25, 0.3) is 0 Å². The summed E-state index contributed by atoms with van der Waals surface area (Å²) >= 11 is 0. The second-order valence-electron chi connectivity index (χ2n) is 3.69. The first-order valence-electron chi connectivity index (χ1n) is 5.48. The minimum atomic E-state index is -0.893. The molecule has 18 heavy (non-hydrogen) atoms. The van der Waals surface area contributed by atoms with Crippen LogP contribution < -0.4 is 11.1 Å². The molecule has 0 spiro atoms. The Kier molecular flexibility index (Phi) is 5.50. The average molecular weight is 252 g/mol. The van der Waals surface area contributed by atoms with E-state index in [4.69, 9.17) is 10.5 Å². The van der Waals surface area contributed by atoms with Crippen molar-refractivity contribution in [1.82, 2.24) is 5.32 Å². The van der Waals surface area contributed by atoms with Gasteiger partial charge in [-0.15, -0.1) is 0 Å². The third kappa shape index (κ3) is 5.74. The maximum Gasteiger partial charge on any atom is 0.407 e. The normalized spacial score (nSPS) is 11.4. The van der Waals surface area contributed by atoms with Crippen LogP contribution in [0.2, 0.25) is 0 Å². The van der Waals surface area contributed by atoms with Crippen molar-refractivity contribution in [3.8, 4) is 0 Å². The fraction of sp³-hybridized carbons (Fsp3) is 0.333. The number of nitrogens with one attached hydrogen (secondary N) is 1. The molecule has 1 rings (SSSR count). The lowest BCUT2D eigenvalue weighted by molar-refractivity contribution is 0.0576. The van der Waals surface area contributed by atoms with Gasteiger partial charge in [0, 0.05) is 6.54 Å². The van der Waals surface area contributed by atoms with E-state index in [9.17, 15) is 9.59 Å². The molecule has 1 atom stereocenters. The molecular weight excluding hydrogens is 236 g/mol. The Morgan fingerprint density at radius 1 is 1.33 bits per heavy atom. The van der Waals surface area contributed by atoms with Gasteiger partial charge >= 0.3 is 12.2 Å². The van der Waals surface area contributed by atoms with E-state index in [-0.39, 0.29) is 6.61 Å². The van der Waals surface area contributed by atoms with Crippen molar-refractivity contribution >= 4 is 12.2 Å². The second kappa shape index (κ2) is 7.16. The highest BCUT2D eigenvalue weighted by Crippen LogP contribution is 1.98. The van der Waals surface area contributed by atoms with Crippen LogP contribution in [0.4, 0.5) is 9.59 Å². The Morgan fingerprint density at radius 3 is 2.61 bits per heavy atom. The van der Waals surface area contributed by atoms with E-state index in [1.165, 1.54) is 0 Å². The highest BCUT2D eigenvalue weighted by Gasteiger charge is 2.09. The number of carbonyl (C=O) groups excluding carboxylic acids is 2. The van der Waals surface area contributed by atoms with Crippen LogP contribution in [-0.4, -0.2) is 24.9 Å². The van der Waals surface area contributed by atoms with Gasteiger partial charge in [-0.1, -0.05) is 30.3 Å². The molecule has 0 aliphatic heterocycles. The number of benzene rings is 1. The molecule has 0 aliphatic carbocycles. The standard InChI is InChI=1S/C12H16N2O4/c1-9(18-11(13)15)8-17-12(16)14-7-10-5-3-2-4-6-10/h2-6,9H,7-8H2,1H3,(H2,13,15)(H,14,16)/t9-/m1/s1. The predicted molar refractivity (Wildman–Crippen MR) is 64.8 cm³/mol. The Morgan fingerprint density at radius 2 is 2.00 bits per heavy atom. The lowest BCUT2D eigenvalue weighted by Crippen LogP contribution is -2.29. The van der Waals surface area contributed by atoms with Crippen LogP contribution in [0.3, 0.4) is 0 Å². The van der Waals surface area contributed by atoms with E-state index in [0.717, 1.165) is 5.56 Å². The first-order chi connectivity index (χ1) is 8.58. The van der Waals surface area contributed by atoms with Crippen molar-refractivity contribution in [2.24, 2.45) is 5.73 Å². The zero-order chi connectivity index (χ0) is 13.4. The number of ether oxygens (including phenoxy) is 2. The largest absolute Gasteiger partial charge is 0.446 e. The third-order valence-electron chi connectivity index (χ3n) is 2.05. The van der Waals surface area contributed by atoms with Gasteiger partial charge < -0.3 is 20.5 Å². The number of amides is 2. The van der Waals surface area contributed by atoms with Gasteiger partial charge in [0.1, 0.15) is 12.7 Å². The number of hydrogen-bond donors (Lipinski definition) is 2. The summed E-state index contributed by atoms with van der Waals surface area (Å²) in [4.78, 5) is 21.7. The SMILES string of the molecule is C[C@H](COC(=O)NCc1ccccc1)OC(N)=O. The quantitative estimate of drug-likeness (QED) is 0.828. The molecule has 98 valence electrons. The van der Waals surface area contributed by atoms with Gasteiger partial charge in [-0.2, -0.15) is 0 Å². The second-order valence-corrected chi connectivity index (χ2v) is 3.69. The van der Waals surface area contributed by atoms with Gasteiger partial charge in [0.25, 0.3) is 0 Å². The fourth-order valence-electron chi connectivity index (χ4n) is 1.25. The third-order valence-corrected chi connectivity index (χ3v) is 2.05. The summed E-state index contributed by atoms with van der Waals surface area (Å²) in [5.41, 5.74) is 5.79. The number of carbonyl (C=O) groups is 2. The molecule has 0 aliphatic rings. The molecule has 6 nitrogen and oxygen atoms in total. The molecule has 1 aromatic carbocycles. The van der Waals surface area contributed by atoms with E-state index < -0.39 is 18.3 Å². The van der Waals surface area contributed by atoms with Crippen molar-refractivity contribution < 1.29 is 19.1 Å². The smallest absolute Gasteiger partial charge is 0.407 e. The molecule has 0 heterocycles. The predicted octanol–water partition coefficient (Wildman–Crippen LogP) is 1.40. The number of hydrogen-bond acceptors (Lipinski definition) is 4. The summed E-state index contributed by atoms with van der Waals surface area (Å²) in [6, 6.07) is 9.43. The summed E-state index contributed by atoms with van der Waals surface area (Å²) in [7, 11) is 0. The zero-order valence-electron chi connectivity index (χ0n) is 10.1. The lowest BCUT2D eigenvalue weighted by Gasteiger charge is -2.12. The van der Waals surface area contributed by atoms with E-state index in [1.807, 2.05) is 30.3 Å². The Balaban J connectivity index is 2.20. The van der Waals surface area contributed by atoms with Gasteiger partial charge in [-0.05, 0) is 12.5 Å². The van der Waals surface area contributed by atoms with Crippen LogP contribution in [-0.2, 0) is 16.0 Å². The highest BCUT2D eigenvalue weighted by molar-refractivity contribution is 5.67. The molecule has 0 bridgehead atoms. The van der Waals surface area contributed by atoms with Crippen molar-refractivity contribution in [1.29, 1.82) is 0 Å². The Hall–Kier alpha value is -2.24. The van der Waals surface area contributed by atoms with Gasteiger partial charge in [-0.25, -0.2) is 9.59 Å². The molecule has 1 aromatic rings. The fourth-order valence-corrected chi connectivity index (χ4v) is 1.25. The number of primary amides is 1. The molecule has 6 heteroatoms. The summed E-state index contributed by atoms with van der Waals surface area (Å²) in [6.45, 7) is 1.92. The zero-order valence-corrected chi connectivity index (χ0v) is 10.1. The van der Waals surface area contributed by atoms with Gasteiger partial charge in [-0.3, -0.25) is 0 Å². The first-order valence-corrected chi connectivity index (χ1v) is 5.48. The Labute approximate surface area is 105 Å². The summed E-state index contributed by atoms with van der Waals surface area (Å²) in [5.74, 6) is 0. The molecule has 0 radical (unpaired) electrons. The summed E-state index contributed by atoms with van der Waals surface area (Å²) in [6.07, 6.45) is -2.03. The van der Waals surface area contributed by atoms with Crippen molar-refractivity contribution in [3.05, 3.63) is 35.9 Å². The first kappa shape index (κ1) is 13.8. The molecule has 3 N–H and O–H groups in total. The topological polar surface area (TPSA) is 90.7 Å². The minimum Gasteiger partial charge on any atom is -0.446 e. The number of alkyl carbamates (subject to hydrolysis) is 1. The van der Waals surface area contributed by atoms with Crippen LogP contribution in [0.15, 0.2) is 30.3 Å². The van der Waals surface area contributed by atoms with Gasteiger partial charge in [0.15, 0.2) is 0 Å². The van der Waals surface area contributed by atoms with Crippen molar-refractivity contribution in [2.75, 3.05) is 6.61 Å². The van der Waals surface area contributed by atoms with E-state index >= 15 is 0 Å². The lowest BCUT2D eigenvalue weighted by atomic mass is 10.2. The average Bonchev–Trinajstić information content (AvgIpc) is 2.34. The van der Waals surface area contributed by atoms with E-state index in [2.05, 4.69) is 10.1 Å². The van der Waals surface area contributed by atoms with Crippen LogP contribution in [0, 0.1) is 0 Å². The number of nitrogens with two attached hydrogens (primary N) is 1. The molecule has 0 saturated carbocycles. The maximum atomic E-state index is 11.3. The number of rotatable bonds is 5. The van der Waals surface area contributed by atoms with Gasteiger partial charge in [0.05, 0.1) is 0 Å². The monoisotopic (exact) mass is 252 g/mol. The molecule has 0 fully saturated rings. The van der Waals surface area contributed by atoms with Gasteiger partial charge in [0.2, 0.25) is 0 Å². The van der Waals surface area contributed by atoms with E-state index in [0.29, 0.717) is 6.54 Å². The minimum absolute atomic E-state index is 0.0381. The van der Waals surface area contributed by atoms with Crippen LogP contribution in [0.5, 0.6) is 0 Å². The molecule has 2 amide bonds. The highest BCUT2D eigenvalue weighted by atomic mass is 16.6. The van der Waals surface area contributed by atoms with Crippen molar-refractivity contribution in [3.63, 3.8) is 0 Å². The molecule has 0 unspecified atom stereocenters. The van der Waals surface area contributed by atoms with Crippen LogP contribution in [0.1, 0.15) is 12.5 Å². The molecule has 0 aromatic heterocycles. The van der Waals surface area contributed by atoms with Crippen molar-refractivity contribution in [2.45, 2.75) is 19.6 Å². The van der Waals surface area contributed by atoms with Crippen LogP contribution >= 0.6 is 0 Å². The van der Waals surface area contributed by atoms with E-state index in [1.54, 1.807) is 6.92 Å². The summed E-state index contributed by atoms with van der Waals surface area (Å²) in [5, 5.41) is 2.57. The molecular formula is C12H16N2O4. The summed E-state index contributed by atoms with van der Waals surface area (Å²) < 4.78 is 9.44. The maximum absolute atomic E-state index is 11.3. The molecule has 0 saturated heterocycles. The Bertz CT molecular complexity index is 394.